The number of anilines is 1. The molecule has 2 aromatic carbocycles. The summed E-state index contributed by atoms with van der Waals surface area (Å²) in [7, 11) is -3.71. The monoisotopic (exact) mass is 322 g/mol. The lowest BCUT2D eigenvalue weighted by Gasteiger charge is -2.06. The largest absolute Gasteiger partial charge is 0.343 e. The van der Waals surface area contributed by atoms with Crippen LogP contribution in [-0.2, 0) is 10.0 Å². The number of sulfonamides is 1. The summed E-state index contributed by atoms with van der Waals surface area (Å²) in [6.07, 6.45) is 0. The maximum absolute atomic E-state index is 12.1. The van der Waals surface area contributed by atoms with E-state index in [4.69, 9.17) is 11.6 Å². The molecular weight excluding hydrogens is 308 g/mol. The van der Waals surface area contributed by atoms with Crippen molar-refractivity contribution < 1.29 is 8.42 Å². The lowest BCUT2D eigenvalue weighted by atomic mass is 10.2. The average molecular weight is 323 g/mol. The first-order chi connectivity index (χ1) is 9.87. The highest BCUT2D eigenvalue weighted by atomic mass is 35.5. The molecule has 1 N–H and O–H groups in total. The van der Waals surface area contributed by atoms with Gasteiger partial charge in [-0.1, -0.05) is 29.3 Å². The number of benzene rings is 2. The van der Waals surface area contributed by atoms with Crippen LogP contribution in [0.4, 0.5) is 5.69 Å². The molecule has 0 unspecified atom stereocenters. The molecule has 0 aliphatic heterocycles. The molecule has 0 saturated carbocycles. The minimum atomic E-state index is -3.71. The van der Waals surface area contributed by atoms with Crippen LogP contribution in [-0.4, -0.2) is 14.3 Å². The van der Waals surface area contributed by atoms with Crippen molar-refractivity contribution in [1.82, 2.24) is 0 Å². The van der Waals surface area contributed by atoms with Gasteiger partial charge in [-0.3, -0.25) is 0 Å². The predicted molar refractivity (Wildman–Crippen MR) is 86.5 cm³/mol. The molecule has 21 heavy (non-hydrogen) atoms. The van der Waals surface area contributed by atoms with Gasteiger partial charge in [-0.05, 0) is 50.2 Å². The number of rotatable bonds is 3. The van der Waals surface area contributed by atoms with Crippen molar-refractivity contribution >= 4 is 33.1 Å². The summed E-state index contributed by atoms with van der Waals surface area (Å²) < 4.78 is 28.1. The van der Waals surface area contributed by atoms with Gasteiger partial charge in [-0.2, -0.15) is 8.42 Å². The van der Waals surface area contributed by atoms with Crippen LogP contribution in [0.2, 0.25) is 5.02 Å². The van der Waals surface area contributed by atoms with Crippen molar-refractivity contribution in [1.29, 1.82) is 0 Å². The Labute approximate surface area is 129 Å². The summed E-state index contributed by atoms with van der Waals surface area (Å²) >= 11 is 5.79. The number of nitrogens with one attached hydrogen (secondary N) is 1. The van der Waals surface area contributed by atoms with E-state index in [1.807, 2.05) is 6.92 Å². The lowest BCUT2D eigenvalue weighted by molar-refractivity contribution is 0.598. The van der Waals surface area contributed by atoms with Gasteiger partial charge in [0.1, 0.15) is 5.84 Å². The number of amidine groups is 1. The number of nitrogens with zero attached hydrogens (tertiary/aromatic N) is 1. The Kier molecular flexibility index (Phi) is 4.65. The van der Waals surface area contributed by atoms with Crippen molar-refractivity contribution in [3.05, 3.63) is 59.1 Å². The number of hydrogen-bond acceptors (Lipinski definition) is 2. The normalized spacial score (nSPS) is 12.2. The Bertz CT molecular complexity index is 751. The summed E-state index contributed by atoms with van der Waals surface area (Å²) in [5.41, 5.74) is 1.72. The molecule has 2 aromatic rings. The van der Waals surface area contributed by atoms with Crippen LogP contribution in [0.5, 0.6) is 0 Å². The topological polar surface area (TPSA) is 58.5 Å². The van der Waals surface area contributed by atoms with Crippen molar-refractivity contribution in [2.45, 2.75) is 18.7 Å². The summed E-state index contributed by atoms with van der Waals surface area (Å²) in [6.45, 7) is 3.49. The molecule has 0 fully saturated rings. The second-order valence-electron chi connectivity index (χ2n) is 4.60. The van der Waals surface area contributed by atoms with E-state index in [0.29, 0.717) is 5.02 Å². The van der Waals surface area contributed by atoms with Crippen LogP contribution in [0.25, 0.3) is 0 Å². The first-order valence-corrected chi connectivity index (χ1v) is 8.09. The zero-order valence-corrected chi connectivity index (χ0v) is 13.2. The van der Waals surface area contributed by atoms with E-state index >= 15 is 0 Å². The van der Waals surface area contributed by atoms with Crippen molar-refractivity contribution in [3.8, 4) is 0 Å². The van der Waals surface area contributed by atoms with E-state index in [2.05, 4.69) is 9.71 Å². The molecule has 6 heteroatoms. The smallest absolute Gasteiger partial charge is 0.283 e. The number of halogens is 1. The first-order valence-electron chi connectivity index (χ1n) is 6.28. The van der Waals surface area contributed by atoms with Crippen LogP contribution in [0.1, 0.15) is 12.5 Å². The Morgan fingerprint density at radius 2 is 1.62 bits per heavy atom. The fraction of sp³-hybridized carbons (Fsp3) is 0.133. The van der Waals surface area contributed by atoms with Crippen molar-refractivity contribution in [2.75, 3.05) is 5.32 Å². The average Bonchev–Trinajstić information content (AvgIpc) is 2.41. The highest BCUT2D eigenvalue weighted by Crippen LogP contribution is 2.16. The maximum Gasteiger partial charge on any atom is 0.283 e. The Morgan fingerprint density at radius 1 is 1.05 bits per heavy atom. The van der Waals surface area contributed by atoms with Crippen LogP contribution >= 0.6 is 11.6 Å². The van der Waals surface area contributed by atoms with E-state index in [1.54, 1.807) is 55.5 Å². The van der Waals surface area contributed by atoms with Gasteiger partial charge in [0.15, 0.2) is 0 Å². The van der Waals surface area contributed by atoms with Gasteiger partial charge >= 0.3 is 0 Å². The number of aryl methyl sites for hydroxylation is 1. The van der Waals surface area contributed by atoms with Gasteiger partial charge in [0.05, 0.1) is 4.90 Å². The molecule has 4 nitrogen and oxygen atoms in total. The SMILES string of the molecule is C/C(=N\S(=O)(=O)c1ccc(C)cc1)Nc1ccc(Cl)cc1. The summed E-state index contributed by atoms with van der Waals surface area (Å²) in [4.78, 5) is 0.172. The van der Waals surface area contributed by atoms with Crippen molar-refractivity contribution in [3.63, 3.8) is 0 Å². The molecule has 0 saturated heterocycles. The zero-order chi connectivity index (χ0) is 15.5. The van der Waals surface area contributed by atoms with E-state index < -0.39 is 10.0 Å². The summed E-state index contributed by atoms with van der Waals surface area (Å²) in [5.74, 6) is 0.290. The van der Waals surface area contributed by atoms with E-state index in [1.165, 1.54) is 0 Å². The van der Waals surface area contributed by atoms with E-state index in [9.17, 15) is 8.42 Å². The highest BCUT2D eigenvalue weighted by Gasteiger charge is 2.12. The molecule has 110 valence electrons. The standard InChI is InChI=1S/C15H15ClN2O2S/c1-11-3-9-15(10-4-11)21(19,20)18-12(2)17-14-7-5-13(16)6-8-14/h3-10H,1-2H3,(H,17,18). The van der Waals surface area contributed by atoms with E-state index in [-0.39, 0.29) is 10.7 Å². The molecule has 0 bridgehead atoms. The van der Waals surface area contributed by atoms with E-state index in [0.717, 1.165) is 11.3 Å². The van der Waals surface area contributed by atoms with Crippen LogP contribution in [0.15, 0.2) is 57.8 Å². The number of hydrogen-bond donors (Lipinski definition) is 1. The first kappa shape index (κ1) is 15.5. The van der Waals surface area contributed by atoms with Crippen molar-refractivity contribution in [2.24, 2.45) is 4.40 Å². The summed E-state index contributed by atoms with van der Waals surface area (Å²) in [5, 5.41) is 3.53. The second kappa shape index (κ2) is 6.28. The Hall–Kier alpha value is -1.85. The third kappa shape index (κ3) is 4.31. The van der Waals surface area contributed by atoms with Crippen LogP contribution < -0.4 is 5.32 Å². The lowest BCUT2D eigenvalue weighted by Crippen LogP contribution is -2.10. The third-order valence-electron chi connectivity index (χ3n) is 2.75. The minimum Gasteiger partial charge on any atom is -0.343 e. The van der Waals surface area contributed by atoms with Crippen LogP contribution in [0, 0.1) is 6.92 Å². The van der Waals surface area contributed by atoms with Gasteiger partial charge in [0, 0.05) is 10.7 Å². The molecular formula is C15H15ClN2O2S. The van der Waals surface area contributed by atoms with Gasteiger partial charge in [-0.15, -0.1) is 4.40 Å². The molecule has 2 rings (SSSR count). The maximum atomic E-state index is 12.1. The molecule has 0 aromatic heterocycles. The fourth-order valence-corrected chi connectivity index (χ4v) is 2.83. The van der Waals surface area contributed by atoms with Gasteiger partial charge in [0.2, 0.25) is 0 Å². The highest BCUT2D eigenvalue weighted by molar-refractivity contribution is 7.90. The van der Waals surface area contributed by atoms with Gasteiger partial charge < -0.3 is 5.32 Å². The molecule has 0 aliphatic carbocycles. The molecule has 0 amide bonds. The van der Waals surface area contributed by atoms with Gasteiger partial charge in [0.25, 0.3) is 10.0 Å². The zero-order valence-electron chi connectivity index (χ0n) is 11.7. The predicted octanol–water partition coefficient (Wildman–Crippen LogP) is 3.87. The fourth-order valence-electron chi connectivity index (χ4n) is 1.71. The molecule has 0 radical (unpaired) electrons. The summed E-state index contributed by atoms with van der Waals surface area (Å²) in [6, 6.07) is 13.5. The quantitative estimate of drug-likeness (QED) is 0.689. The molecule has 0 spiro atoms. The molecule has 0 aliphatic rings. The van der Waals surface area contributed by atoms with Crippen LogP contribution in [0.3, 0.4) is 0 Å². The Morgan fingerprint density at radius 3 is 2.19 bits per heavy atom. The molecule has 0 heterocycles. The third-order valence-corrected chi connectivity index (χ3v) is 4.38. The second-order valence-corrected chi connectivity index (χ2v) is 6.64. The Balaban J connectivity index is 2.20. The minimum absolute atomic E-state index is 0.172. The molecule has 0 atom stereocenters. The van der Waals surface area contributed by atoms with Gasteiger partial charge in [-0.25, -0.2) is 0 Å².